The van der Waals surface area contributed by atoms with Gasteiger partial charge in [-0.2, -0.15) is 0 Å². The Bertz CT molecular complexity index is 1210. The summed E-state index contributed by atoms with van der Waals surface area (Å²) in [6, 6.07) is 13.0. The Hall–Kier alpha value is -3.26. The predicted molar refractivity (Wildman–Crippen MR) is 129 cm³/mol. The van der Waals surface area contributed by atoms with Gasteiger partial charge in [0, 0.05) is 29.6 Å². The van der Waals surface area contributed by atoms with Crippen molar-refractivity contribution < 1.29 is 23.1 Å². The Morgan fingerprint density at radius 1 is 1.06 bits per heavy atom. The maximum Gasteiger partial charge on any atom is 0.254 e. The quantitative estimate of drug-likeness (QED) is 0.437. The van der Waals surface area contributed by atoms with Gasteiger partial charge in [0.25, 0.3) is 5.91 Å². The van der Waals surface area contributed by atoms with Crippen LogP contribution in [0, 0.1) is 17.6 Å². The van der Waals surface area contributed by atoms with Gasteiger partial charge in [0.15, 0.2) is 0 Å². The smallest absolute Gasteiger partial charge is 0.254 e. The molecule has 0 N–H and O–H groups in total. The molecule has 0 radical (unpaired) electrons. The molecular formula is C27H26F2N2O3S. The number of hydrogen-bond acceptors (Lipinski definition) is 4. The molecule has 2 heterocycles. The third-order valence-electron chi connectivity index (χ3n) is 6.50. The summed E-state index contributed by atoms with van der Waals surface area (Å²) in [6.45, 7) is 1.16. The average Bonchev–Trinajstić information content (AvgIpc) is 3.54. The Morgan fingerprint density at radius 2 is 1.86 bits per heavy atom. The lowest BCUT2D eigenvalue weighted by Gasteiger charge is -2.37. The largest absolute Gasteiger partial charge is 0.491 e. The minimum absolute atomic E-state index is 0.0529. The van der Waals surface area contributed by atoms with Crippen molar-refractivity contribution in [1.82, 2.24) is 9.80 Å². The predicted octanol–water partition coefficient (Wildman–Crippen LogP) is 5.08. The zero-order chi connectivity index (χ0) is 24.4. The highest BCUT2D eigenvalue weighted by atomic mass is 32.1. The third-order valence-corrected chi connectivity index (χ3v) is 7.50. The number of ether oxygens (including phenoxy) is 1. The van der Waals surface area contributed by atoms with Crippen molar-refractivity contribution in [3.05, 3.63) is 87.6 Å². The molecule has 2 aromatic carbocycles. The molecule has 0 saturated heterocycles. The second-order valence-corrected chi connectivity index (χ2v) is 10.1. The molecule has 1 saturated carbocycles. The van der Waals surface area contributed by atoms with E-state index in [9.17, 15) is 18.4 Å². The van der Waals surface area contributed by atoms with Crippen LogP contribution in [-0.4, -0.2) is 47.9 Å². The normalized spacial score (nSPS) is 17.1. The topological polar surface area (TPSA) is 49.9 Å². The van der Waals surface area contributed by atoms with Gasteiger partial charge in [0.05, 0.1) is 6.04 Å². The Morgan fingerprint density at radius 3 is 2.60 bits per heavy atom. The summed E-state index contributed by atoms with van der Waals surface area (Å²) in [7, 11) is 0. The lowest BCUT2D eigenvalue weighted by Crippen LogP contribution is -2.48. The molecule has 1 atom stereocenters. The molecule has 1 aliphatic carbocycles. The van der Waals surface area contributed by atoms with Crippen molar-refractivity contribution in [2.75, 3.05) is 26.2 Å². The molecule has 1 fully saturated rings. The van der Waals surface area contributed by atoms with Crippen molar-refractivity contribution >= 4 is 23.2 Å². The van der Waals surface area contributed by atoms with Crippen molar-refractivity contribution in [3.63, 3.8) is 0 Å². The molecule has 2 amide bonds. The molecule has 1 aromatic heterocycles. The van der Waals surface area contributed by atoms with Crippen LogP contribution in [-0.2, 0) is 11.2 Å². The van der Waals surface area contributed by atoms with Gasteiger partial charge in [-0.1, -0.05) is 6.07 Å². The fraction of sp³-hybridized carbons (Fsp3) is 0.333. The molecule has 0 spiro atoms. The van der Waals surface area contributed by atoms with Crippen molar-refractivity contribution in [2.24, 2.45) is 5.92 Å². The summed E-state index contributed by atoms with van der Waals surface area (Å²) in [5.41, 5.74) is 1.40. The molecule has 5 rings (SSSR count). The van der Waals surface area contributed by atoms with Gasteiger partial charge in [-0.05, 0) is 78.6 Å². The van der Waals surface area contributed by atoms with E-state index >= 15 is 0 Å². The Labute approximate surface area is 206 Å². The summed E-state index contributed by atoms with van der Waals surface area (Å²) in [5.74, 6) is -0.430. The number of halogens is 2. The number of amides is 2. The molecular weight excluding hydrogens is 470 g/mol. The SMILES string of the molecule is O=C(c1ccc(F)cc1)N(CC(=O)N1CCc2sccc2[C@@H]1COc1cccc(F)c1)CC1CC1. The van der Waals surface area contributed by atoms with Gasteiger partial charge >= 0.3 is 0 Å². The number of benzene rings is 2. The van der Waals surface area contributed by atoms with E-state index in [-0.39, 0.29) is 36.8 Å². The van der Waals surface area contributed by atoms with Gasteiger partial charge in [-0.15, -0.1) is 11.3 Å². The van der Waals surface area contributed by atoms with Crippen molar-refractivity contribution in [3.8, 4) is 5.75 Å². The highest BCUT2D eigenvalue weighted by Crippen LogP contribution is 2.35. The summed E-state index contributed by atoms with van der Waals surface area (Å²) < 4.78 is 32.9. The van der Waals surface area contributed by atoms with Gasteiger partial charge in [0.2, 0.25) is 5.91 Å². The minimum Gasteiger partial charge on any atom is -0.491 e. The van der Waals surface area contributed by atoms with Gasteiger partial charge in [-0.25, -0.2) is 8.78 Å². The number of carbonyl (C=O) groups is 2. The number of hydrogen-bond donors (Lipinski definition) is 0. The second kappa shape index (κ2) is 10.2. The zero-order valence-electron chi connectivity index (χ0n) is 19.2. The van der Waals surface area contributed by atoms with E-state index in [2.05, 4.69) is 0 Å². The molecule has 0 bridgehead atoms. The first-order valence-corrected chi connectivity index (χ1v) is 12.6. The van der Waals surface area contributed by atoms with E-state index in [4.69, 9.17) is 4.74 Å². The number of thiophene rings is 1. The van der Waals surface area contributed by atoms with E-state index in [0.717, 1.165) is 24.8 Å². The highest BCUT2D eigenvalue weighted by Gasteiger charge is 2.35. The second-order valence-electron chi connectivity index (χ2n) is 9.06. The maximum atomic E-state index is 13.6. The number of nitrogens with zero attached hydrogens (tertiary/aromatic N) is 2. The summed E-state index contributed by atoms with van der Waals surface area (Å²) in [6.07, 6.45) is 2.81. The Balaban J connectivity index is 1.34. The van der Waals surface area contributed by atoms with Crippen LogP contribution in [0.3, 0.4) is 0 Å². The third kappa shape index (κ3) is 5.53. The lowest BCUT2D eigenvalue weighted by atomic mass is 10.0. The van der Waals surface area contributed by atoms with Crippen molar-refractivity contribution in [2.45, 2.75) is 25.3 Å². The van der Waals surface area contributed by atoms with E-state index in [1.54, 1.807) is 33.3 Å². The van der Waals surface area contributed by atoms with Gasteiger partial charge < -0.3 is 14.5 Å². The first-order chi connectivity index (χ1) is 17.0. The first-order valence-electron chi connectivity index (χ1n) is 11.8. The fourth-order valence-corrected chi connectivity index (χ4v) is 5.40. The van der Waals surface area contributed by atoms with Crippen LogP contribution in [0.4, 0.5) is 8.78 Å². The molecule has 35 heavy (non-hydrogen) atoms. The van der Waals surface area contributed by atoms with Crippen LogP contribution in [0.15, 0.2) is 60.0 Å². The molecule has 182 valence electrons. The highest BCUT2D eigenvalue weighted by molar-refractivity contribution is 7.10. The number of fused-ring (bicyclic) bond motifs is 1. The standard InChI is InChI=1S/C27H26F2N2O3S/c28-20-8-6-19(7-9-20)27(33)30(15-18-4-5-18)16-26(32)31-12-10-25-23(11-13-35-25)24(31)17-34-22-3-1-2-21(29)14-22/h1-3,6-9,11,13-14,18,24H,4-5,10,12,15-17H2/t24-/m0/s1. The summed E-state index contributed by atoms with van der Waals surface area (Å²) >= 11 is 1.65. The molecule has 0 unspecified atom stereocenters. The van der Waals surface area contributed by atoms with Gasteiger partial charge in [-0.3, -0.25) is 9.59 Å². The average molecular weight is 497 g/mol. The van der Waals surface area contributed by atoms with Crippen LogP contribution in [0.25, 0.3) is 0 Å². The number of rotatable bonds is 8. The monoisotopic (exact) mass is 496 g/mol. The van der Waals surface area contributed by atoms with Crippen LogP contribution >= 0.6 is 11.3 Å². The summed E-state index contributed by atoms with van der Waals surface area (Å²) in [4.78, 5) is 31.3. The molecule has 1 aliphatic heterocycles. The van der Waals surface area contributed by atoms with E-state index < -0.39 is 5.82 Å². The maximum absolute atomic E-state index is 13.6. The molecule has 3 aromatic rings. The van der Waals surface area contributed by atoms with Crippen molar-refractivity contribution in [1.29, 1.82) is 0 Å². The Kier molecular flexibility index (Phi) is 6.81. The van der Waals surface area contributed by atoms with Gasteiger partial charge in [0.1, 0.15) is 30.5 Å². The van der Waals surface area contributed by atoms with E-state index in [1.807, 2.05) is 11.4 Å². The van der Waals surface area contributed by atoms with Crippen LogP contribution in [0.5, 0.6) is 5.75 Å². The first kappa shape index (κ1) is 23.5. The molecule has 2 aliphatic rings. The molecule has 5 nitrogen and oxygen atoms in total. The minimum atomic E-state index is -0.410. The van der Waals surface area contributed by atoms with Crippen LogP contribution < -0.4 is 4.74 Å². The van der Waals surface area contributed by atoms with Crippen LogP contribution in [0.1, 0.15) is 39.7 Å². The number of carbonyl (C=O) groups excluding carboxylic acids is 2. The van der Waals surface area contributed by atoms with Crippen LogP contribution in [0.2, 0.25) is 0 Å². The van der Waals surface area contributed by atoms with E-state index in [1.165, 1.54) is 41.3 Å². The zero-order valence-corrected chi connectivity index (χ0v) is 20.0. The van der Waals surface area contributed by atoms with E-state index in [0.29, 0.717) is 30.3 Å². The fourth-order valence-electron chi connectivity index (χ4n) is 4.47. The summed E-state index contributed by atoms with van der Waals surface area (Å²) in [5, 5.41) is 2.01. The molecule has 8 heteroatoms. The lowest BCUT2D eigenvalue weighted by molar-refractivity contribution is -0.135.